The lowest BCUT2D eigenvalue weighted by Crippen LogP contribution is -2.35. The van der Waals surface area contributed by atoms with Crippen molar-refractivity contribution in [3.63, 3.8) is 0 Å². The molecule has 62 heavy (non-hydrogen) atoms. The fourth-order valence-electron chi connectivity index (χ4n) is 8.27. The van der Waals surface area contributed by atoms with Gasteiger partial charge in [0.05, 0.1) is 13.2 Å². The van der Waals surface area contributed by atoms with Gasteiger partial charge in [-0.3, -0.25) is 9.59 Å². The lowest BCUT2D eigenvalue weighted by molar-refractivity contribution is -0.145. The molecule has 0 atom stereocenters. The number of thiol groups is 2. The van der Waals surface area contributed by atoms with Gasteiger partial charge >= 0.3 is 11.9 Å². The molecule has 0 N–H and O–H groups in total. The molecule has 2 fully saturated rings. The van der Waals surface area contributed by atoms with E-state index in [9.17, 15) is 9.59 Å². The molecule has 0 radical (unpaired) electrons. The predicted molar refractivity (Wildman–Crippen MR) is 276 cm³/mol. The minimum absolute atomic E-state index is 0.00167. The highest BCUT2D eigenvalue weighted by Gasteiger charge is 2.20. The average molecular weight is 904 g/mol. The molecule has 0 spiro atoms. The fourth-order valence-corrected chi connectivity index (χ4v) is 8.83. The van der Waals surface area contributed by atoms with Crippen molar-refractivity contribution in [2.75, 3.05) is 64.0 Å². The third kappa shape index (κ3) is 38.9. The van der Waals surface area contributed by atoms with Gasteiger partial charge < -0.3 is 19.3 Å². The maximum Gasteiger partial charge on any atom is 0.305 e. The maximum atomic E-state index is 11.9. The summed E-state index contributed by atoms with van der Waals surface area (Å²) in [5, 5.41) is 0. The quantitative estimate of drug-likeness (QED) is 0.0279. The first-order valence-corrected chi connectivity index (χ1v) is 27.4. The zero-order valence-electron chi connectivity index (χ0n) is 40.5. The standard InChI is InChI=1S/2C27H49NO2S/c2*1-2-3-4-5-6-7-8-9-10-11-12-13-14-15-16-17-27(29)30-24-20-26-18-21-28(22-19-26)23-25-31/h2*6-7,9-10,26,31H,2-5,8,11-25H2,1H3/b2*7-6-,10-9-. The number of carbonyl (C=O) groups is 2. The van der Waals surface area contributed by atoms with E-state index in [0.29, 0.717) is 26.1 Å². The van der Waals surface area contributed by atoms with Gasteiger partial charge in [-0.05, 0) is 154 Å². The first-order valence-electron chi connectivity index (χ1n) is 26.1. The van der Waals surface area contributed by atoms with Crippen LogP contribution in [0.15, 0.2) is 48.6 Å². The molecule has 0 aliphatic carbocycles. The van der Waals surface area contributed by atoms with Gasteiger partial charge in [0.2, 0.25) is 0 Å². The number of nitrogens with zero attached hydrogens (tertiary/aromatic N) is 2. The zero-order chi connectivity index (χ0) is 44.8. The Morgan fingerprint density at radius 1 is 0.468 bits per heavy atom. The Balaban J connectivity index is 0.000000620. The summed E-state index contributed by atoms with van der Waals surface area (Å²) < 4.78 is 10.9. The second-order valence-electron chi connectivity index (χ2n) is 18.0. The van der Waals surface area contributed by atoms with Crippen LogP contribution in [0.4, 0.5) is 0 Å². The van der Waals surface area contributed by atoms with Crippen LogP contribution in [0.5, 0.6) is 0 Å². The van der Waals surface area contributed by atoms with Crippen molar-refractivity contribution in [1.29, 1.82) is 0 Å². The molecule has 0 amide bonds. The predicted octanol–water partition coefficient (Wildman–Crippen LogP) is 14.7. The Kier molecular flexibility index (Phi) is 43.5. The van der Waals surface area contributed by atoms with Crippen molar-refractivity contribution < 1.29 is 19.1 Å². The molecule has 0 aromatic rings. The van der Waals surface area contributed by atoms with E-state index in [1.807, 2.05) is 0 Å². The molecule has 2 saturated heterocycles. The molecule has 0 saturated carbocycles. The summed E-state index contributed by atoms with van der Waals surface area (Å²) in [5.74, 6) is 3.32. The van der Waals surface area contributed by atoms with Crippen molar-refractivity contribution in [3.05, 3.63) is 48.6 Å². The highest BCUT2D eigenvalue weighted by atomic mass is 32.1. The van der Waals surface area contributed by atoms with Gasteiger partial charge in [0, 0.05) is 37.4 Å². The van der Waals surface area contributed by atoms with Gasteiger partial charge in [-0.1, -0.05) is 127 Å². The number of unbranched alkanes of at least 4 members (excludes halogenated alkanes) is 16. The van der Waals surface area contributed by atoms with Gasteiger partial charge in [0.25, 0.3) is 0 Å². The molecule has 2 aliphatic heterocycles. The van der Waals surface area contributed by atoms with E-state index in [1.165, 1.54) is 155 Å². The van der Waals surface area contributed by atoms with Crippen LogP contribution < -0.4 is 0 Å². The molecule has 0 aromatic heterocycles. The number of allylic oxidation sites excluding steroid dienone is 8. The zero-order valence-corrected chi connectivity index (χ0v) is 42.3. The second-order valence-corrected chi connectivity index (χ2v) is 18.9. The molecule has 2 aliphatic rings. The third-order valence-electron chi connectivity index (χ3n) is 12.5. The first kappa shape index (κ1) is 58.5. The monoisotopic (exact) mass is 903 g/mol. The Labute approximate surface area is 395 Å². The van der Waals surface area contributed by atoms with E-state index in [4.69, 9.17) is 9.47 Å². The summed E-state index contributed by atoms with van der Waals surface area (Å²) in [6, 6.07) is 0. The van der Waals surface area contributed by atoms with Crippen LogP contribution in [0.3, 0.4) is 0 Å². The van der Waals surface area contributed by atoms with Crippen molar-refractivity contribution in [2.45, 2.75) is 206 Å². The van der Waals surface area contributed by atoms with Gasteiger partial charge in [-0.15, -0.1) is 0 Å². The summed E-state index contributed by atoms with van der Waals surface area (Å²) in [5.41, 5.74) is 0. The molecule has 0 unspecified atom stereocenters. The fraction of sp³-hybridized carbons (Fsp3) is 0.815. The van der Waals surface area contributed by atoms with Crippen molar-refractivity contribution in [3.8, 4) is 0 Å². The molecule has 2 heterocycles. The Hall–Kier alpha value is -1.48. The summed E-state index contributed by atoms with van der Waals surface area (Å²) >= 11 is 8.62. The van der Waals surface area contributed by atoms with Gasteiger partial charge in [0.15, 0.2) is 0 Å². The maximum absolute atomic E-state index is 11.9. The van der Waals surface area contributed by atoms with E-state index in [2.05, 4.69) is 97.5 Å². The van der Waals surface area contributed by atoms with E-state index < -0.39 is 0 Å². The molecule has 6 nitrogen and oxygen atoms in total. The molecule has 0 bridgehead atoms. The van der Waals surface area contributed by atoms with Crippen molar-refractivity contribution >= 4 is 37.2 Å². The number of hydrogen-bond acceptors (Lipinski definition) is 8. The SMILES string of the molecule is CCCCC/C=C\C/C=C\CCCCCCCC(=O)OCCC1CCN(CCS)CC1.CCCCC/C=C\C/C=C\CCCCCCCC(=O)OCCC1CCN(CCS)CC1. The number of rotatable bonds is 38. The topological polar surface area (TPSA) is 59.1 Å². The number of hydrogen-bond donors (Lipinski definition) is 2. The molecule has 360 valence electrons. The highest BCUT2D eigenvalue weighted by Crippen LogP contribution is 2.22. The van der Waals surface area contributed by atoms with E-state index in [1.54, 1.807) is 0 Å². The van der Waals surface area contributed by atoms with Crippen LogP contribution in [0, 0.1) is 11.8 Å². The van der Waals surface area contributed by atoms with Crippen LogP contribution in [-0.2, 0) is 19.1 Å². The largest absolute Gasteiger partial charge is 0.466 e. The summed E-state index contributed by atoms with van der Waals surface area (Å²) in [6.45, 7) is 12.6. The van der Waals surface area contributed by atoms with Gasteiger partial charge in [0.1, 0.15) is 0 Å². The Bertz CT molecular complexity index is 1030. The Morgan fingerprint density at radius 2 is 0.790 bits per heavy atom. The van der Waals surface area contributed by atoms with Crippen LogP contribution in [0.25, 0.3) is 0 Å². The van der Waals surface area contributed by atoms with Crippen molar-refractivity contribution in [2.24, 2.45) is 11.8 Å². The summed E-state index contributed by atoms with van der Waals surface area (Å²) in [7, 11) is 0. The van der Waals surface area contributed by atoms with Crippen molar-refractivity contribution in [1.82, 2.24) is 9.80 Å². The number of esters is 2. The van der Waals surface area contributed by atoms with Crippen LogP contribution in [-0.4, -0.2) is 85.7 Å². The highest BCUT2D eigenvalue weighted by molar-refractivity contribution is 7.80. The number of ether oxygens (including phenoxy) is 2. The van der Waals surface area contributed by atoms with E-state index in [-0.39, 0.29) is 11.9 Å². The number of piperidine rings is 2. The van der Waals surface area contributed by atoms with E-state index in [0.717, 1.165) is 87.8 Å². The third-order valence-corrected chi connectivity index (χ3v) is 12.9. The van der Waals surface area contributed by atoms with E-state index >= 15 is 0 Å². The Morgan fingerprint density at radius 3 is 1.13 bits per heavy atom. The summed E-state index contributed by atoms with van der Waals surface area (Å²) in [4.78, 5) is 28.8. The summed E-state index contributed by atoms with van der Waals surface area (Å²) in [6.07, 6.45) is 53.2. The minimum atomic E-state index is -0.00167. The minimum Gasteiger partial charge on any atom is -0.466 e. The molecular formula is C54H98N2O4S2. The normalized spacial score (nSPS) is 15.9. The van der Waals surface area contributed by atoms with Crippen LogP contribution in [0.1, 0.15) is 206 Å². The molecule has 2 rings (SSSR count). The van der Waals surface area contributed by atoms with Crippen LogP contribution in [0.2, 0.25) is 0 Å². The van der Waals surface area contributed by atoms with Gasteiger partial charge in [-0.25, -0.2) is 0 Å². The number of carbonyl (C=O) groups excluding carboxylic acids is 2. The molecular weight excluding hydrogens is 805 g/mol. The second kappa shape index (κ2) is 46.1. The lowest BCUT2D eigenvalue weighted by Gasteiger charge is -2.31. The van der Waals surface area contributed by atoms with Crippen LogP contribution >= 0.6 is 25.3 Å². The molecule has 8 heteroatoms. The lowest BCUT2D eigenvalue weighted by atomic mass is 9.94. The average Bonchev–Trinajstić information content (AvgIpc) is 3.28. The first-order chi connectivity index (χ1) is 30.5. The molecule has 0 aromatic carbocycles. The van der Waals surface area contributed by atoms with Gasteiger partial charge in [-0.2, -0.15) is 25.3 Å². The number of likely N-dealkylation sites (tertiary alicyclic amines) is 2. The smallest absolute Gasteiger partial charge is 0.305 e.